The van der Waals surface area contributed by atoms with Crippen LogP contribution in [0, 0.1) is 12.3 Å². The van der Waals surface area contributed by atoms with Crippen molar-refractivity contribution in [3.63, 3.8) is 0 Å². The molecule has 2 aromatic rings. The van der Waals surface area contributed by atoms with Crippen molar-refractivity contribution in [2.45, 2.75) is 12.0 Å². The molecular formula is C22H22N2O4. The van der Waals surface area contributed by atoms with Gasteiger partial charge in [-0.1, -0.05) is 30.2 Å². The summed E-state index contributed by atoms with van der Waals surface area (Å²) in [6.45, 7) is 0.637. The molecule has 0 saturated heterocycles. The maximum atomic E-state index is 13.2. The third-order valence-corrected chi connectivity index (χ3v) is 4.77. The topological polar surface area (TPSA) is 67.9 Å². The van der Waals surface area contributed by atoms with Crippen molar-refractivity contribution in [3.8, 4) is 18.1 Å². The third-order valence-electron chi connectivity index (χ3n) is 4.77. The van der Waals surface area contributed by atoms with Crippen LogP contribution < -0.4 is 10.1 Å². The molecule has 0 saturated carbocycles. The fourth-order valence-corrected chi connectivity index (χ4v) is 3.42. The summed E-state index contributed by atoms with van der Waals surface area (Å²) in [5.74, 6) is 2.10. The summed E-state index contributed by atoms with van der Waals surface area (Å²) in [5.41, 5.74) is 1.71. The van der Waals surface area contributed by atoms with Gasteiger partial charge < -0.3 is 19.7 Å². The summed E-state index contributed by atoms with van der Waals surface area (Å²) in [6, 6.07) is 13.4. The van der Waals surface area contributed by atoms with Crippen LogP contribution >= 0.6 is 0 Å². The van der Waals surface area contributed by atoms with E-state index in [9.17, 15) is 9.59 Å². The van der Waals surface area contributed by atoms with Crippen molar-refractivity contribution in [3.05, 3.63) is 59.7 Å². The number of methoxy groups -OCH3 is 2. The molecule has 28 heavy (non-hydrogen) atoms. The predicted octanol–water partition coefficient (Wildman–Crippen LogP) is 2.52. The molecule has 0 spiro atoms. The molecule has 1 heterocycles. The first-order valence-electron chi connectivity index (χ1n) is 8.90. The minimum Gasteiger partial charge on any atom is -0.497 e. The van der Waals surface area contributed by atoms with E-state index < -0.39 is 12.0 Å². The van der Waals surface area contributed by atoms with Crippen molar-refractivity contribution in [1.82, 2.24) is 4.90 Å². The zero-order valence-electron chi connectivity index (χ0n) is 15.8. The largest absolute Gasteiger partial charge is 0.497 e. The number of hydrogen-bond acceptors (Lipinski definition) is 4. The van der Waals surface area contributed by atoms with Crippen LogP contribution in [-0.4, -0.2) is 50.1 Å². The number of carbonyl (C=O) groups excluding carboxylic acids is 2. The fraction of sp³-hybridized carbons (Fsp3) is 0.273. The first-order valence-corrected chi connectivity index (χ1v) is 8.90. The highest BCUT2D eigenvalue weighted by Crippen LogP contribution is 2.34. The highest BCUT2D eigenvalue weighted by atomic mass is 16.5. The van der Waals surface area contributed by atoms with Crippen molar-refractivity contribution >= 4 is 17.5 Å². The second-order valence-electron chi connectivity index (χ2n) is 6.39. The number of terminal acetylenes is 1. The first-order chi connectivity index (χ1) is 13.6. The lowest BCUT2D eigenvalue weighted by atomic mass is 9.82. The molecule has 6 nitrogen and oxygen atoms in total. The van der Waals surface area contributed by atoms with Gasteiger partial charge in [-0.3, -0.25) is 9.59 Å². The van der Waals surface area contributed by atoms with Crippen LogP contribution in [0.2, 0.25) is 0 Å². The van der Waals surface area contributed by atoms with E-state index in [1.165, 1.54) is 4.90 Å². The molecule has 6 heteroatoms. The van der Waals surface area contributed by atoms with Crippen LogP contribution in [0.3, 0.4) is 0 Å². The van der Waals surface area contributed by atoms with Crippen LogP contribution in [0.4, 0.5) is 5.69 Å². The average Bonchev–Trinajstić information content (AvgIpc) is 2.72. The molecule has 0 radical (unpaired) electrons. The van der Waals surface area contributed by atoms with E-state index in [-0.39, 0.29) is 11.8 Å². The number of nitrogens with zero attached hydrogens (tertiary/aromatic N) is 1. The van der Waals surface area contributed by atoms with Gasteiger partial charge in [0.15, 0.2) is 0 Å². The van der Waals surface area contributed by atoms with E-state index in [1.54, 1.807) is 62.8 Å². The Morgan fingerprint density at radius 2 is 2.00 bits per heavy atom. The Labute approximate surface area is 164 Å². The first kappa shape index (κ1) is 19.5. The molecule has 144 valence electrons. The third kappa shape index (κ3) is 3.71. The number of benzene rings is 2. The van der Waals surface area contributed by atoms with Crippen LogP contribution in [0.5, 0.6) is 5.75 Å². The summed E-state index contributed by atoms with van der Waals surface area (Å²) in [7, 11) is 3.12. The molecule has 2 atom stereocenters. The quantitative estimate of drug-likeness (QED) is 0.785. The van der Waals surface area contributed by atoms with Gasteiger partial charge in [-0.25, -0.2) is 0 Å². The van der Waals surface area contributed by atoms with Gasteiger partial charge in [-0.2, -0.15) is 0 Å². The van der Waals surface area contributed by atoms with Gasteiger partial charge in [-0.15, -0.1) is 6.42 Å². The highest BCUT2D eigenvalue weighted by molar-refractivity contribution is 6.04. The molecule has 2 amide bonds. The van der Waals surface area contributed by atoms with Crippen molar-refractivity contribution < 1.29 is 19.1 Å². The summed E-state index contributed by atoms with van der Waals surface area (Å²) in [4.78, 5) is 27.7. The highest BCUT2D eigenvalue weighted by Gasteiger charge is 2.42. The second-order valence-corrected chi connectivity index (χ2v) is 6.39. The molecule has 0 aliphatic carbocycles. The molecule has 1 N–H and O–H groups in total. The zero-order chi connectivity index (χ0) is 20.1. The Bertz CT molecular complexity index is 919. The smallest absolute Gasteiger partial charge is 0.255 e. The molecule has 0 fully saturated rings. The maximum Gasteiger partial charge on any atom is 0.255 e. The normalized spacial score (nSPS) is 18.2. The Kier molecular flexibility index (Phi) is 5.97. The Hall–Kier alpha value is -3.30. The summed E-state index contributed by atoms with van der Waals surface area (Å²) < 4.78 is 10.3. The number of nitrogens with one attached hydrogen (secondary N) is 1. The number of amides is 2. The molecule has 2 unspecified atom stereocenters. The van der Waals surface area contributed by atoms with E-state index in [1.807, 2.05) is 0 Å². The Morgan fingerprint density at radius 1 is 1.21 bits per heavy atom. The lowest BCUT2D eigenvalue weighted by Gasteiger charge is -2.38. The van der Waals surface area contributed by atoms with E-state index >= 15 is 0 Å². The van der Waals surface area contributed by atoms with Crippen molar-refractivity contribution in [2.75, 3.05) is 32.7 Å². The second kappa shape index (κ2) is 8.59. The summed E-state index contributed by atoms with van der Waals surface area (Å²) in [6.07, 6.45) is 5.77. The van der Waals surface area contributed by atoms with Gasteiger partial charge in [0, 0.05) is 31.0 Å². The zero-order valence-corrected chi connectivity index (χ0v) is 15.8. The van der Waals surface area contributed by atoms with Gasteiger partial charge in [0.05, 0.1) is 19.6 Å². The number of carbonyl (C=O) groups is 2. The molecule has 2 aromatic carbocycles. The van der Waals surface area contributed by atoms with E-state index in [0.717, 1.165) is 0 Å². The minimum absolute atomic E-state index is 0.193. The lowest BCUT2D eigenvalue weighted by molar-refractivity contribution is -0.118. The van der Waals surface area contributed by atoms with Gasteiger partial charge in [0.2, 0.25) is 5.91 Å². The van der Waals surface area contributed by atoms with Crippen LogP contribution in [0.25, 0.3) is 0 Å². The Morgan fingerprint density at radius 3 is 2.71 bits per heavy atom. The molecule has 0 bridgehead atoms. The molecular weight excluding hydrogens is 356 g/mol. The minimum atomic E-state index is -0.705. The summed E-state index contributed by atoms with van der Waals surface area (Å²) in [5, 5.41) is 2.90. The van der Waals surface area contributed by atoms with Gasteiger partial charge in [-0.05, 0) is 23.8 Å². The molecule has 1 aliphatic rings. The summed E-state index contributed by atoms with van der Waals surface area (Å²) >= 11 is 0. The fourth-order valence-electron chi connectivity index (χ4n) is 3.42. The Balaban J connectivity index is 1.98. The van der Waals surface area contributed by atoms with Crippen molar-refractivity contribution in [1.29, 1.82) is 0 Å². The van der Waals surface area contributed by atoms with Gasteiger partial charge in [0.25, 0.3) is 5.91 Å². The van der Waals surface area contributed by atoms with Crippen LogP contribution in [0.1, 0.15) is 21.8 Å². The number of ether oxygens (including phenoxy) is 2. The average molecular weight is 378 g/mol. The van der Waals surface area contributed by atoms with Crippen LogP contribution in [0.15, 0.2) is 48.5 Å². The number of fused-ring (bicyclic) bond motifs is 1. The van der Waals surface area contributed by atoms with E-state index in [2.05, 4.69) is 11.2 Å². The number of anilines is 1. The van der Waals surface area contributed by atoms with E-state index in [0.29, 0.717) is 35.7 Å². The number of hydrogen-bond donors (Lipinski definition) is 1. The van der Waals surface area contributed by atoms with Gasteiger partial charge in [0.1, 0.15) is 11.8 Å². The molecule has 1 aliphatic heterocycles. The maximum absolute atomic E-state index is 13.2. The molecule has 0 aromatic heterocycles. The predicted molar refractivity (Wildman–Crippen MR) is 106 cm³/mol. The standard InChI is InChI=1S/C22H22N2O4/c1-4-19-20(21(25)23-15-8-7-9-16(14-15)28-3)17-10-5-6-11-18(17)22(26)24(19)12-13-27-2/h1,5-11,14,19-20H,12-13H2,2-3H3,(H,23,25). The lowest BCUT2D eigenvalue weighted by Crippen LogP contribution is -2.51. The molecule has 3 rings (SSSR count). The SMILES string of the molecule is C#CC1C(C(=O)Nc2cccc(OC)c2)c2ccccc2C(=O)N1CCOC. The number of rotatable bonds is 6. The van der Waals surface area contributed by atoms with Gasteiger partial charge >= 0.3 is 0 Å². The van der Waals surface area contributed by atoms with Crippen LogP contribution in [-0.2, 0) is 9.53 Å². The monoisotopic (exact) mass is 378 g/mol. The van der Waals surface area contributed by atoms with Crippen molar-refractivity contribution in [2.24, 2.45) is 0 Å². The van der Waals surface area contributed by atoms with E-state index in [4.69, 9.17) is 15.9 Å².